The van der Waals surface area contributed by atoms with E-state index in [-0.39, 0.29) is 5.91 Å². The van der Waals surface area contributed by atoms with Crippen LogP contribution in [0.5, 0.6) is 0 Å². The minimum Gasteiger partial charge on any atom is -0.326 e. The zero-order chi connectivity index (χ0) is 21.4. The van der Waals surface area contributed by atoms with E-state index in [9.17, 15) is 4.79 Å². The molecule has 4 heteroatoms. The number of hydrogen-bond acceptors (Lipinski definition) is 3. The highest BCUT2D eigenvalue weighted by atomic mass is 16.1. The second-order valence-electron chi connectivity index (χ2n) is 8.12. The first-order chi connectivity index (χ1) is 15.1. The molecular formula is C27H25N3O. The van der Waals surface area contributed by atoms with Gasteiger partial charge < -0.3 is 10.2 Å². The fraction of sp³-hybridized carbons (Fsp3) is 0.185. The van der Waals surface area contributed by atoms with Crippen LogP contribution in [0.3, 0.4) is 0 Å². The van der Waals surface area contributed by atoms with Gasteiger partial charge in [0, 0.05) is 28.9 Å². The first-order valence-electron chi connectivity index (χ1n) is 10.8. The standard InChI is InChI=1S/C27H25N3O/c1-3-19-5-10-23(11-6-19)28-27(31)20-8-12-24(13-9-20)30-15-14-22-17-21-7-4-18(2)16-25(21)29-26(22)30/h4-13,16-17H,3,14-15H2,1-2H3,(H,28,31). The van der Waals surface area contributed by atoms with Gasteiger partial charge in [-0.1, -0.05) is 31.2 Å². The van der Waals surface area contributed by atoms with E-state index in [4.69, 9.17) is 4.98 Å². The molecule has 5 rings (SSSR count). The van der Waals surface area contributed by atoms with Gasteiger partial charge in [-0.3, -0.25) is 4.79 Å². The molecule has 0 bridgehead atoms. The van der Waals surface area contributed by atoms with Gasteiger partial charge in [0.15, 0.2) is 0 Å². The topological polar surface area (TPSA) is 45.2 Å². The molecule has 154 valence electrons. The second-order valence-corrected chi connectivity index (χ2v) is 8.12. The summed E-state index contributed by atoms with van der Waals surface area (Å²) in [6, 6.07) is 24.4. The lowest BCUT2D eigenvalue weighted by Gasteiger charge is -2.19. The van der Waals surface area contributed by atoms with Crippen molar-refractivity contribution < 1.29 is 4.79 Å². The molecule has 0 radical (unpaired) electrons. The van der Waals surface area contributed by atoms with E-state index >= 15 is 0 Å². The summed E-state index contributed by atoms with van der Waals surface area (Å²) in [5, 5.41) is 4.16. The van der Waals surface area contributed by atoms with Crippen molar-refractivity contribution in [2.75, 3.05) is 16.8 Å². The third-order valence-electron chi connectivity index (χ3n) is 5.95. The number of carbonyl (C=O) groups is 1. The summed E-state index contributed by atoms with van der Waals surface area (Å²) in [6.45, 7) is 5.11. The maximum atomic E-state index is 12.6. The monoisotopic (exact) mass is 407 g/mol. The zero-order valence-corrected chi connectivity index (χ0v) is 17.9. The number of benzene rings is 3. The minimum atomic E-state index is -0.0998. The van der Waals surface area contributed by atoms with E-state index in [0.717, 1.165) is 42.1 Å². The van der Waals surface area contributed by atoms with Crippen molar-refractivity contribution in [1.29, 1.82) is 0 Å². The summed E-state index contributed by atoms with van der Waals surface area (Å²) in [7, 11) is 0. The third kappa shape index (κ3) is 3.77. The summed E-state index contributed by atoms with van der Waals surface area (Å²) in [4.78, 5) is 19.8. The number of aryl methyl sites for hydroxylation is 2. The van der Waals surface area contributed by atoms with Crippen molar-refractivity contribution in [3.05, 3.63) is 95.1 Å². The van der Waals surface area contributed by atoms with Crippen LogP contribution < -0.4 is 10.2 Å². The predicted molar refractivity (Wildman–Crippen MR) is 127 cm³/mol. The lowest BCUT2D eigenvalue weighted by Crippen LogP contribution is -2.15. The Hall–Kier alpha value is -3.66. The molecule has 3 aromatic carbocycles. The summed E-state index contributed by atoms with van der Waals surface area (Å²) in [5.74, 6) is 0.920. The smallest absolute Gasteiger partial charge is 0.255 e. The Balaban J connectivity index is 1.36. The van der Waals surface area contributed by atoms with E-state index in [1.165, 1.54) is 22.1 Å². The molecule has 1 amide bonds. The van der Waals surface area contributed by atoms with Crippen LogP contribution in [-0.2, 0) is 12.8 Å². The normalized spacial score (nSPS) is 12.8. The van der Waals surface area contributed by atoms with Crippen molar-refractivity contribution in [3.63, 3.8) is 0 Å². The van der Waals surface area contributed by atoms with Crippen molar-refractivity contribution >= 4 is 34.0 Å². The Labute approximate surface area is 182 Å². The largest absolute Gasteiger partial charge is 0.326 e. The molecule has 0 atom stereocenters. The molecule has 1 N–H and O–H groups in total. The van der Waals surface area contributed by atoms with E-state index in [0.29, 0.717) is 5.56 Å². The van der Waals surface area contributed by atoms with E-state index in [2.05, 4.69) is 48.3 Å². The quantitative estimate of drug-likeness (QED) is 0.448. The fourth-order valence-corrected chi connectivity index (χ4v) is 4.14. The number of anilines is 3. The average Bonchev–Trinajstić information content (AvgIpc) is 3.21. The maximum absolute atomic E-state index is 12.6. The molecule has 1 aliphatic heterocycles. The van der Waals surface area contributed by atoms with Gasteiger partial charge in [0.2, 0.25) is 0 Å². The Morgan fingerprint density at radius 3 is 2.52 bits per heavy atom. The molecule has 4 nitrogen and oxygen atoms in total. The number of pyridine rings is 1. The lowest BCUT2D eigenvalue weighted by atomic mass is 10.1. The molecule has 0 saturated heterocycles. The van der Waals surface area contributed by atoms with E-state index in [1.807, 2.05) is 48.5 Å². The number of rotatable bonds is 4. The Morgan fingerprint density at radius 2 is 1.77 bits per heavy atom. The Bertz CT molecular complexity index is 1260. The van der Waals surface area contributed by atoms with E-state index in [1.54, 1.807) is 0 Å². The number of fused-ring (bicyclic) bond motifs is 2. The van der Waals surface area contributed by atoms with Crippen LogP contribution >= 0.6 is 0 Å². The molecule has 31 heavy (non-hydrogen) atoms. The average molecular weight is 408 g/mol. The highest BCUT2D eigenvalue weighted by molar-refractivity contribution is 6.04. The molecular weight excluding hydrogens is 382 g/mol. The summed E-state index contributed by atoms with van der Waals surface area (Å²) in [5.41, 5.74) is 7.27. The number of carbonyl (C=O) groups excluding carboxylic acids is 1. The summed E-state index contributed by atoms with van der Waals surface area (Å²) >= 11 is 0. The number of nitrogens with zero attached hydrogens (tertiary/aromatic N) is 2. The zero-order valence-electron chi connectivity index (χ0n) is 17.9. The molecule has 0 spiro atoms. The first kappa shape index (κ1) is 19.3. The van der Waals surface area contributed by atoms with Gasteiger partial charge in [-0.25, -0.2) is 4.98 Å². The van der Waals surface area contributed by atoms with Gasteiger partial charge in [-0.05, 0) is 85.0 Å². The molecule has 0 aliphatic carbocycles. The van der Waals surface area contributed by atoms with Gasteiger partial charge in [-0.15, -0.1) is 0 Å². The SMILES string of the molecule is CCc1ccc(NC(=O)c2ccc(N3CCc4cc5ccc(C)cc5nc43)cc2)cc1. The van der Waals surface area contributed by atoms with Gasteiger partial charge in [0.05, 0.1) is 5.52 Å². The number of nitrogens with one attached hydrogen (secondary N) is 1. The van der Waals surface area contributed by atoms with E-state index < -0.39 is 0 Å². The molecule has 1 aliphatic rings. The number of hydrogen-bond donors (Lipinski definition) is 1. The predicted octanol–water partition coefficient (Wildman–Crippen LogP) is 6.05. The highest BCUT2D eigenvalue weighted by Crippen LogP contribution is 2.35. The minimum absolute atomic E-state index is 0.0998. The van der Waals surface area contributed by atoms with Crippen molar-refractivity contribution in [2.24, 2.45) is 0 Å². The van der Waals surface area contributed by atoms with Crippen LogP contribution in [0.2, 0.25) is 0 Å². The summed E-state index contributed by atoms with van der Waals surface area (Å²) < 4.78 is 0. The van der Waals surface area contributed by atoms with Gasteiger partial charge in [-0.2, -0.15) is 0 Å². The van der Waals surface area contributed by atoms with Gasteiger partial charge in [0.1, 0.15) is 5.82 Å². The molecule has 0 saturated carbocycles. The van der Waals surface area contributed by atoms with Crippen LogP contribution in [0, 0.1) is 6.92 Å². The van der Waals surface area contributed by atoms with Crippen molar-refractivity contribution in [1.82, 2.24) is 4.98 Å². The van der Waals surface area contributed by atoms with Crippen LogP contribution in [0.4, 0.5) is 17.2 Å². The first-order valence-corrected chi connectivity index (χ1v) is 10.8. The summed E-state index contributed by atoms with van der Waals surface area (Å²) in [6.07, 6.45) is 1.96. The van der Waals surface area contributed by atoms with Crippen molar-refractivity contribution in [3.8, 4) is 0 Å². The third-order valence-corrected chi connectivity index (χ3v) is 5.95. The number of amides is 1. The highest BCUT2D eigenvalue weighted by Gasteiger charge is 2.23. The lowest BCUT2D eigenvalue weighted by molar-refractivity contribution is 0.102. The molecule has 2 heterocycles. The molecule has 0 fully saturated rings. The molecule has 4 aromatic rings. The molecule has 1 aromatic heterocycles. The van der Waals surface area contributed by atoms with Crippen LogP contribution in [0.1, 0.15) is 34.0 Å². The second kappa shape index (κ2) is 7.88. The number of aromatic nitrogens is 1. The van der Waals surface area contributed by atoms with Crippen molar-refractivity contribution in [2.45, 2.75) is 26.7 Å². The van der Waals surface area contributed by atoms with Gasteiger partial charge in [0.25, 0.3) is 5.91 Å². The maximum Gasteiger partial charge on any atom is 0.255 e. The van der Waals surface area contributed by atoms with Crippen LogP contribution in [0.15, 0.2) is 72.8 Å². The Kier molecular flexibility index (Phi) is 4.91. The van der Waals surface area contributed by atoms with Crippen LogP contribution in [0.25, 0.3) is 10.9 Å². The Morgan fingerprint density at radius 1 is 1.00 bits per heavy atom. The van der Waals surface area contributed by atoms with Gasteiger partial charge >= 0.3 is 0 Å². The van der Waals surface area contributed by atoms with Crippen LogP contribution in [-0.4, -0.2) is 17.4 Å². The molecule has 0 unspecified atom stereocenters. The fourth-order valence-electron chi connectivity index (χ4n) is 4.14.